The Balaban J connectivity index is 2.20. The molecular formula is C14H20N2OS. The molecule has 0 radical (unpaired) electrons. The van der Waals surface area contributed by atoms with Crippen LogP contribution >= 0.6 is 11.3 Å². The molecule has 3 nitrogen and oxygen atoms in total. The molecule has 1 N–H and O–H groups in total. The molecule has 0 aliphatic carbocycles. The summed E-state index contributed by atoms with van der Waals surface area (Å²) < 4.78 is 6.48. The Hall–Kier alpha value is -1.13. The van der Waals surface area contributed by atoms with Crippen molar-refractivity contribution in [3.63, 3.8) is 0 Å². The zero-order valence-electron chi connectivity index (χ0n) is 11.4. The summed E-state index contributed by atoms with van der Waals surface area (Å²) in [7, 11) is 1.73. The van der Waals surface area contributed by atoms with Crippen molar-refractivity contribution in [3.8, 4) is 0 Å². The molecule has 2 rings (SSSR count). The number of aryl methyl sites for hydroxylation is 1. The highest BCUT2D eigenvalue weighted by Gasteiger charge is 2.15. The fraction of sp³-hybridized carbons (Fsp3) is 0.500. The van der Waals surface area contributed by atoms with Crippen LogP contribution in [0.15, 0.2) is 18.2 Å². The van der Waals surface area contributed by atoms with Crippen LogP contribution in [0.2, 0.25) is 0 Å². The number of methoxy groups -OCH3 is 1. The molecular weight excluding hydrogens is 244 g/mol. The van der Waals surface area contributed by atoms with Gasteiger partial charge in [-0.1, -0.05) is 31.3 Å². The molecule has 1 atom stereocenters. The highest BCUT2D eigenvalue weighted by Crippen LogP contribution is 2.27. The molecule has 0 amide bonds. The van der Waals surface area contributed by atoms with Gasteiger partial charge in [-0.05, 0) is 30.5 Å². The molecule has 0 fully saturated rings. The second-order valence-corrected chi connectivity index (χ2v) is 5.97. The van der Waals surface area contributed by atoms with Crippen LogP contribution in [0.4, 0.5) is 5.13 Å². The Morgan fingerprint density at radius 3 is 2.83 bits per heavy atom. The van der Waals surface area contributed by atoms with Crippen molar-refractivity contribution in [1.29, 1.82) is 0 Å². The predicted molar refractivity (Wildman–Crippen MR) is 78.5 cm³/mol. The van der Waals surface area contributed by atoms with Crippen molar-refractivity contribution in [1.82, 2.24) is 4.98 Å². The van der Waals surface area contributed by atoms with Crippen molar-refractivity contribution in [2.45, 2.75) is 26.8 Å². The lowest BCUT2D eigenvalue weighted by Crippen LogP contribution is -2.30. The Morgan fingerprint density at radius 1 is 1.39 bits per heavy atom. The first-order valence-corrected chi connectivity index (χ1v) is 7.04. The number of hydrogen-bond acceptors (Lipinski definition) is 4. The summed E-state index contributed by atoms with van der Waals surface area (Å²) in [6, 6.07) is 6.66. The molecule has 1 heterocycles. The minimum absolute atomic E-state index is 0.302. The lowest BCUT2D eigenvalue weighted by molar-refractivity contribution is 0.171. The molecule has 1 unspecified atom stereocenters. The van der Waals surface area contributed by atoms with Gasteiger partial charge in [0.2, 0.25) is 0 Å². The maximum atomic E-state index is 5.25. The van der Waals surface area contributed by atoms with Crippen LogP contribution < -0.4 is 5.32 Å². The van der Waals surface area contributed by atoms with Crippen LogP contribution in [0.1, 0.15) is 19.4 Å². The summed E-state index contributed by atoms with van der Waals surface area (Å²) in [5, 5.41) is 4.45. The average molecular weight is 264 g/mol. The minimum atomic E-state index is 0.302. The molecule has 18 heavy (non-hydrogen) atoms. The van der Waals surface area contributed by atoms with Gasteiger partial charge < -0.3 is 10.1 Å². The van der Waals surface area contributed by atoms with Gasteiger partial charge in [0.05, 0.1) is 22.9 Å². The van der Waals surface area contributed by atoms with E-state index in [0.717, 1.165) is 10.6 Å². The quantitative estimate of drug-likeness (QED) is 0.894. The topological polar surface area (TPSA) is 34.1 Å². The van der Waals surface area contributed by atoms with Gasteiger partial charge in [-0.2, -0.15) is 0 Å². The lowest BCUT2D eigenvalue weighted by Gasteiger charge is -2.20. The third-order valence-electron chi connectivity index (χ3n) is 3.00. The van der Waals surface area contributed by atoms with E-state index < -0.39 is 0 Å². The van der Waals surface area contributed by atoms with Crippen LogP contribution in [0.3, 0.4) is 0 Å². The summed E-state index contributed by atoms with van der Waals surface area (Å²) in [4.78, 5) is 4.61. The van der Waals surface area contributed by atoms with E-state index in [0.29, 0.717) is 18.6 Å². The van der Waals surface area contributed by atoms with Gasteiger partial charge in [-0.15, -0.1) is 0 Å². The third-order valence-corrected chi connectivity index (χ3v) is 3.95. The number of thiazole rings is 1. The van der Waals surface area contributed by atoms with Crippen molar-refractivity contribution in [3.05, 3.63) is 23.8 Å². The second kappa shape index (κ2) is 5.67. The summed E-state index contributed by atoms with van der Waals surface area (Å²) in [5.41, 5.74) is 2.34. The number of fused-ring (bicyclic) bond motifs is 1. The highest BCUT2D eigenvalue weighted by molar-refractivity contribution is 7.22. The van der Waals surface area contributed by atoms with Gasteiger partial charge in [0, 0.05) is 7.11 Å². The van der Waals surface area contributed by atoms with Gasteiger partial charge in [-0.25, -0.2) is 4.98 Å². The van der Waals surface area contributed by atoms with Crippen LogP contribution in [0, 0.1) is 12.8 Å². The van der Waals surface area contributed by atoms with E-state index in [9.17, 15) is 0 Å². The maximum Gasteiger partial charge on any atom is 0.184 e. The van der Waals surface area contributed by atoms with Gasteiger partial charge in [0.1, 0.15) is 0 Å². The molecule has 0 spiro atoms. The van der Waals surface area contributed by atoms with Crippen molar-refractivity contribution >= 4 is 26.7 Å². The molecule has 0 aliphatic heterocycles. The SMILES string of the molecule is COCC(Nc1nc2ccc(C)cc2s1)C(C)C. The standard InChI is InChI=1S/C14H20N2OS/c1-9(2)12(8-17-4)16-14-15-11-6-5-10(3)7-13(11)18-14/h5-7,9,12H,8H2,1-4H3,(H,15,16). The van der Waals surface area contributed by atoms with Crippen LogP contribution in [0.5, 0.6) is 0 Å². The Morgan fingerprint density at radius 2 is 2.17 bits per heavy atom. The van der Waals surface area contributed by atoms with Crippen molar-refractivity contribution in [2.24, 2.45) is 5.92 Å². The fourth-order valence-electron chi connectivity index (χ4n) is 1.83. The zero-order chi connectivity index (χ0) is 13.1. The molecule has 0 saturated carbocycles. The van der Waals surface area contributed by atoms with Crippen molar-refractivity contribution in [2.75, 3.05) is 19.0 Å². The van der Waals surface area contributed by atoms with Gasteiger partial charge in [0.25, 0.3) is 0 Å². The lowest BCUT2D eigenvalue weighted by atomic mass is 10.1. The van der Waals surface area contributed by atoms with E-state index in [1.165, 1.54) is 10.3 Å². The molecule has 0 aliphatic rings. The first kappa shape index (κ1) is 13.3. The second-order valence-electron chi connectivity index (χ2n) is 4.94. The van der Waals surface area contributed by atoms with E-state index in [1.807, 2.05) is 0 Å². The Bertz CT molecular complexity index is 521. The molecule has 98 valence electrons. The van der Waals surface area contributed by atoms with Crippen LogP contribution in [-0.2, 0) is 4.74 Å². The van der Waals surface area contributed by atoms with E-state index in [1.54, 1.807) is 18.4 Å². The largest absolute Gasteiger partial charge is 0.383 e. The summed E-state index contributed by atoms with van der Waals surface area (Å²) in [5.74, 6) is 0.513. The first-order chi connectivity index (χ1) is 8.60. The van der Waals surface area contributed by atoms with E-state index >= 15 is 0 Å². The number of aromatic nitrogens is 1. The predicted octanol–water partition coefficient (Wildman–Crippen LogP) is 3.69. The third kappa shape index (κ3) is 3.00. The number of nitrogens with zero attached hydrogens (tertiary/aromatic N) is 1. The summed E-state index contributed by atoms with van der Waals surface area (Å²) in [6.07, 6.45) is 0. The molecule has 1 aromatic carbocycles. The van der Waals surface area contributed by atoms with Gasteiger partial charge in [-0.3, -0.25) is 0 Å². The van der Waals surface area contributed by atoms with Crippen LogP contribution in [-0.4, -0.2) is 24.7 Å². The average Bonchev–Trinajstić information content (AvgIpc) is 2.69. The van der Waals surface area contributed by atoms with Gasteiger partial charge in [0.15, 0.2) is 5.13 Å². The Labute approximate surface area is 112 Å². The fourth-order valence-corrected chi connectivity index (χ4v) is 2.86. The maximum absolute atomic E-state index is 5.25. The Kier molecular flexibility index (Phi) is 4.19. The molecule has 4 heteroatoms. The number of ether oxygens (including phenoxy) is 1. The molecule has 0 saturated heterocycles. The number of rotatable bonds is 5. The highest BCUT2D eigenvalue weighted by atomic mass is 32.1. The molecule has 1 aromatic heterocycles. The minimum Gasteiger partial charge on any atom is -0.383 e. The molecule has 0 bridgehead atoms. The van der Waals surface area contributed by atoms with E-state index in [-0.39, 0.29) is 0 Å². The smallest absolute Gasteiger partial charge is 0.184 e. The van der Waals surface area contributed by atoms with Gasteiger partial charge >= 0.3 is 0 Å². The number of anilines is 1. The monoisotopic (exact) mass is 264 g/mol. The molecule has 2 aromatic rings. The number of benzene rings is 1. The summed E-state index contributed by atoms with van der Waals surface area (Å²) in [6.45, 7) is 7.18. The number of hydrogen-bond donors (Lipinski definition) is 1. The van der Waals surface area contributed by atoms with Crippen LogP contribution in [0.25, 0.3) is 10.2 Å². The van der Waals surface area contributed by atoms with E-state index in [2.05, 4.69) is 49.3 Å². The normalized spacial score (nSPS) is 13.2. The number of nitrogens with one attached hydrogen (secondary N) is 1. The summed E-state index contributed by atoms with van der Waals surface area (Å²) >= 11 is 1.71. The first-order valence-electron chi connectivity index (χ1n) is 6.23. The van der Waals surface area contributed by atoms with E-state index in [4.69, 9.17) is 4.74 Å². The zero-order valence-corrected chi connectivity index (χ0v) is 12.2. The van der Waals surface area contributed by atoms with Crippen molar-refractivity contribution < 1.29 is 4.74 Å².